The molecule has 0 spiro atoms. The van der Waals surface area contributed by atoms with Gasteiger partial charge in [-0.25, -0.2) is 0 Å². The van der Waals surface area contributed by atoms with Crippen molar-refractivity contribution in [2.24, 2.45) is 0 Å². The van der Waals surface area contributed by atoms with Crippen molar-refractivity contribution in [1.82, 2.24) is 0 Å². The Hall–Kier alpha value is -8.92. The molecule has 14 rings (SSSR count). The van der Waals surface area contributed by atoms with Crippen LogP contribution in [0.1, 0.15) is 22.3 Å². The molecule has 0 saturated carbocycles. The lowest BCUT2D eigenvalue weighted by molar-refractivity contribution is 0.669. The molecule has 0 saturated heterocycles. The first-order chi connectivity index (χ1) is 33.7. The molecule has 0 amide bonds. The number of fused-ring (bicyclic) bond motifs is 10. The Morgan fingerprint density at radius 1 is 0.309 bits per heavy atom. The SMILES string of the molecule is c1ccc(-c2ccc3oc4cccc(N(c5cccc(C6(c7ccccc7)c7ccccc7-c7ccccc76)c5)c5cccc6oc7ccc(-c8ccc9ccccc9c8)cc7c56)c4c3c2)cc1. The van der Waals surface area contributed by atoms with Crippen LogP contribution in [-0.4, -0.2) is 0 Å². The van der Waals surface area contributed by atoms with E-state index in [-0.39, 0.29) is 0 Å². The molecule has 1 aliphatic carbocycles. The number of hydrogen-bond donors (Lipinski definition) is 0. The van der Waals surface area contributed by atoms with Gasteiger partial charge in [-0.2, -0.15) is 0 Å². The summed E-state index contributed by atoms with van der Waals surface area (Å²) in [6.45, 7) is 0. The number of anilines is 3. The zero-order valence-corrected chi connectivity index (χ0v) is 36.9. The zero-order chi connectivity index (χ0) is 44.8. The summed E-state index contributed by atoms with van der Waals surface area (Å²) >= 11 is 0. The molecule has 3 heteroatoms. The predicted octanol–water partition coefficient (Wildman–Crippen LogP) is 17.8. The summed E-state index contributed by atoms with van der Waals surface area (Å²) in [5, 5.41) is 6.63. The minimum Gasteiger partial charge on any atom is -0.456 e. The fourth-order valence-electron chi connectivity index (χ4n) is 11.3. The molecule has 0 fully saturated rings. The fourth-order valence-corrected chi connectivity index (χ4v) is 11.3. The lowest BCUT2D eigenvalue weighted by atomic mass is 9.67. The number of hydrogen-bond acceptors (Lipinski definition) is 3. The van der Waals surface area contributed by atoms with Crippen LogP contribution in [0.3, 0.4) is 0 Å². The molecule has 2 heterocycles. The van der Waals surface area contributed by atoms with Gasteiger partial charge in [0, 0.05) is 16.5 Å². The smallest absolute Gasteiger partial charge is 0.137 e. The second-order valence-electron chi connectivity index (χ2n) is 17.9. The average molecular weight is 868 g/mol. The molecule has 318 valence electrons. The first kappa shape index (κ1) is 38.4. The molecule has 0 bridgehead atoms. The summed E-state index contributed by atoms with van der Waals surface area (Å²) in [6, 6.07) is 90.1. The Bertz CT molecular complexity index is 4060. The largest absolute Gasteiger partial charge is 0.456 e. The summed E-state index contributed by atoms with van der Waals surface area (Å²) in [7, 11) is 0. The first-order valence-corrected chi connectivity index (χ1v) is 23.3. The van der Waals surface area contributed by atoms with Gasteiger partial charge in [0.2, 0.25) is 0 Å². The first-order valence-electron chi connectivity index (χ1n) is 23.3. The Labute approximate surface area is 393 Å². The lowest BCUT2D eigenvalue weighted by Gasteiger charge is -2.35. The molecule has 2 aromatic heterocycles. The Balaban J connectivity index is 1.06. The van der Waals surface area contributed by atoms with Gasteiger partial charge in [0.25, 0.3) is 0 Å². The molecular weight excluding hydrogens is 827 g/mol. The van der Waals surface area contributed by atoms with E-state index in [0.29, 0.717) is 0 Å². The van der Waals surface area contributed by atoms with E-state index in [4.69, 9.17) is 8.83 Å². The van der Waals surface area contributed by atoms with E-state index in [0.717, 1.165) is 83.2 Å². The molecule has 11 aromatic carbocycles. The maximum Gasteiger partial charge on any atom is 0.137 e. The molecule has 3 nitrogen and oxygen atoms in total. The molecule has 0 atom stereocenters. The summed E-state index contributed by atoms with van der Waals surface area (Å²) < 4.78 is 13.6. The van der Waals surface area contributed by atoms with Crippen LogP contribution >= 0.6 is 0 Å². The Morgan fingerprint density at radius 3 is 1.46 bits per heavy atom. The van der Waals surface area contributed by atoms with Crippen LogP contribution in [-0.2, 0) is 5.41 Å². The monoisotopic (exact) mass is 867 g/mol. The second kappa shape index (κ2) is 15.1. The fraction of sp³-hybridized carbons (Fsp3) is 0.0154. The van der Waals surface area contributed by atoms with E-state index in [1.54, 1.807) is 0 Å². The van der Waals surface area contributed by atoms with Crippen molar-refractivity contribution in [3.05, 3.63) is 271 Å². The third-order valence-electron chi connectivity index (χ3n) is 14.3. The van der Waals surface area contributed by atoms with Gasteiger partial charge < -0.3 is 13.7 Å². The van der Waals surface area contributed by atoms with Crippen molar-refractivity contribution in [2.45, 2.75) is 5.41 Å². The van der Waals surface area contributed by atoms with Crippen LogP contribution < -0.4 is 4.90 Å². The highest BCUT2D eigenvalue weighted by Crippen LogP contribution is 2.57. The van der Waals surface area contributed by atoms with Crippen molar-refractivity contribution >= 4 is 71.7 Å². The molecule has 0 radical (unpaired) electrons. The second-order valence-corrected chi connectivity index (χ2v) is 17.9. The van der Waals surface area contributed by atoms with E-state index >= 15 is 0 Å². The number of nitrogens with zero attached hydrogens (tertiary/aromatic N) is 1. The van der Waals surface area contributed by atoms with Crippen LogP contribution in [0.5, 0.6) is 0 Å². The quantitative estimate of drug-likeness (QED) is 0.160. The van der Waals surface area contributed by atoms with E-state index in [2.05, 4.69) is 254 Å². The van der Waals surface area contributed by atoms with Gasteiger partial charge in [0.15, 0.2) is 0 Å². The number of rotatable bonds is 7. The summed E-state index contributed by atoms with van der Waals surface area (Å²) in [6.07, 6.45) is 0. The predicted molar refractivity (Wildman–Crippen MR) is 281 cm³/mol. The van der Waals surface area contributed by atoms with Crippen LogP contribution in [0.15, 0.2) is 258 Å². The lowest BCUT2D eigenvalue weighted by Crippen LogP contribution is -2.28. The van der Waals surface area contributed by atoms with Gasteiger partial charge in [-0.1, -0.05) is 182 Å². The van der Waals surface area contributed by atoms with Crippen LogP contribution in [0.2, 0.25) is 0 Å². The van der Waals surface area contributed by atoms with Crippen molar-refractivity contribution < 1.29 is 8.83 Å². The summed E-state index contributed by atoms with van der Waals surface area (Å²) in [4.78, 5) is 2.45. The molecular formula is C65H41NO2. The molecule has 0 unspecified atom stereocenters. The molecule has 68 heavy (non-hydrogen) atoms. The van der Waals surface area contributed by atoms with Gasteiger partial charge in [-0.15, -0.1) is 0 Å². The molecule has 1 aliphatic rings. The minimum atomic E-state index is -0.585. The standard InChI is InChI=1S/C65H41NO2/c1-3-16-42(17-4-1)46-34-36-59-53(39-46)63-57(28-14-30-61(63)67-59)66(58-29-15-31-62-64(58)54-40-47(35-37-60(54)68-62)45-33-32-43-18-7-8-19-44(43)38-45)50-23-13-22-49(41-50)65(48-20-5-2-6-21-48)55-26-11-9-24-51(55)52-25-10-12-27-56(52)65/h1-41H. The van der Waals surface area contributed by atoms with E-state index in [1.165, 1.54) is 44.2 Å². The topological polar surface area (TPSA) is 29.5 Å². The molecule has 0 N–H and O–H groups in total. The summed E-state index contributed by atoms with van der Waals surface area (Å²) in [5.41, 5.74) is 17.9. The number of benzene rings is 11. The highest BCUT2D eigenvalue weighted by Gasteiger charge is 2.46. The molecule has 0 aliphatic heterocycles. The maximum atomic E-state index is 6.80. The van der Waals surface area contributed by atoms with Gasteiger partial charge in [0.1, 0.15) is 22.3 Å². The number of furan rings is 2. The Morgan fingerprint density at radius 2 is 0.809 bits per heavy atom. The third-order valence-corrected chi connectivity index (χ3v) is 14.3. The minimum absolute atomic E-state index is 0.585. The van der Waals surface area contributed by atoms with Gasteiger partial charge in [-0.05, 0) is 133 Å². The highest BCUT2D eigenvalue weighted by atomic mass is 16.3. The van der Waals surface area contributed by atoms with Crippen LogP contribution in [0.25, 0.3) is 88.0 Å². The molecule has 13 aromatic rings. The van der Waals surface area contributed by atoms with Crippen molar-refractivity contribution in [3.63, 3.8) is 0 Å². The van der Waals surface area contributed by atoms with Crippen molar-refractivity contribution in [3.8, 4) is 33.4 Å². The van der Waals surface area contributed by atoms with Crippen LogP contribution in [0.4, 0.5) is 17.1 Å². The van der Waals surface area contributed by atoms with E-state index in [9.17, 15) is 0 Å². The van der Waals surface area contributed by atoms with E-state index < -0.39 is 5.41 Å². The van der Waals surface area contributed by atoms with Crippen molar-refractivity contribution in [2.75, 3.05) is 4.90 Å². The highest BCUT2D eigenvalue weighted by molar-refractivity contribution is 6.18. The Kier molecular flexibility index (Phi) is 8.50. The average Bonchev–Trinajstić information content (AvgIpc) is 4.08. The van der Waals surface area contributed by atoms with Crippen LogP contribution in [0, 0.1) is 0 Å². The normalized spacial score (nSPS) is 12.8. The summed E-state index contributed by atoms with van der Waals surface area (Å²) in [5.74, 6) is 0. The van der Waals surface area contributed by atoms with Crippen molar-refractivity contribution in [1.29, 1.82) is 0 Å². The third kappa shape index (κ3) is 5.72. The van der Waals surface area contributed by atoms with E-state index in [1.807, 2.05) is 0 Å². The van der Waals surface area contributed by atoms with Gasteiger partial charge in [-0.3, -0.25) is 0 Å². The zero-order valence-electron chi connectivity index (χ0n) is 36.9. The maximum absolute atomic E-state index is 6.80. The van der Waals surface area contributed by atoms with Gasteiger partial charge in [0.05, 0.1) is 27.6 Å². The van der Waals surface area contributed by atoms with Gasteiger partial charge >= 0.3 is 0 Å².